The zero-order valence-electron chi connectivity index (χ0n) is 27.4. The van der Waals surface area contributed by atoms with E-state index in [2.05, 4.69) is 155 Å². The number of fused-ring (bicyclic) bond motifs is 11. The Kier molecular flexibility index (Phi) is 6.09. The number of aromatic nitrogens is 4. The summed E-state index contributed by atoms with van der Waals surface area (Å²) >= 11 is 1.88. The molecule has 0 aliphatic rings. The molecule has 0 fully saturated rings. The van der Waals surface area contributed by atoms with Gasteiger partial charge in [0.25, 0.3) is 0 Å². The molecule has 0 atom stereocenters. The minimum absolute atomic E-state index is 0.704. The maximum atomic E-state index is 5.32. The molecule has 7 aromatic carbocycles. The monoisotopic (exact) mass is 668 g/mol. The van der Waals surface area contributed by atoms with E-state index >= 15 is 0 Å². The first-order valence-corrected chi connectivity index (χ1v) is 18.0. The summed E-state index contributed by atoms with van der Waals surface area (Å²) in [5.41, 5.74) is 8.82. The topological polar surface area (TPSA) is 35.6 Å². The van der Waals surface area contributed by atoms with Crippen LogP contribution >= 0.6 is 11.3 Å². The molecular formula is C46H28N4S. The number of para-hydroxylation sites is 3. The maximum Gasteiger partial charge on any atom is 0.162 e. The van der Waals surface area contributed by atoms with Gasteiger partial charge < -0.3 is 4.57 Å². The Balaban J connectivity index is 1.28. The second-order valence-corrected chi connectivity index (χ2v) is 14.0. The molecule has 0 amide bonds. The largest absolute Gasteiger partial charge is 0.309 e. The van der Waals surface area contributed by atoms with E-state index < -0.39 is 0 Å². The van der Waals surface area contributed by atoms with Crippen molar-refractivity contribution in [3.63, 3.8) is 0 Å². The Labute approximate surface area is 297 Å². The summed E-state index contributed by atoms with van der Waals surface area (Å²) in [4.78, 5) is 10.4. The molecule has 0 unspecified atom stereocenters. The van der Waals surface area contributed by atoms with Crippen LogP contribution in [0.4, 0.5) is 0 Å². The van der Waals surface area contributed by atoms with E-state index in [0.717, 1.165) is 28.2 Å². The number of benzene rings is 7. The highest BCUT2D eigenvalue weighted by molar-refractivity contribution is 7.27. The molecule has 4 heterocycles. The van der Waals surface area contributed by atoms with Crippen molar-refractivity contribution in [2.24, 2.45) is 0 Å². The number of rotatable bonds is 4. The third-order valence-corrected chi connectivity index (χ3v) is 11.3. The Hall–Kier alpha value is -6.56. The fraction of sp³-hybridized carbons (Fsp3) is 0. The van der Waals surface area contributed by atoms with Crippen molar-refractivity contribution in [3.8, 4) is 34.2 Å². The van der Waals surface area contributed by atoms with Crippen LogP contribution in [0.2, 0.25) is 0 Å². The number of hydrogen-bond acceptors (Lipinski definition) is 3. The highest BCUT2D eigenvalue weighted by Crippen LogP contribution is 2.47. The van der Waals surface area contributed by atoms with Crippen LogP contribution in [0.3, 0.4) is 0 Å². The first kappa shape index (κ1) is 28.3. The Bertz CT molecular complexity index is 3060. The highest BCUT2D eigenvalue weighted by Gasteiger charge is 2.23. The summed E-state index contributed by atoms with van der Waals surface area (Å²) < 4.78 is 7.33. The van der Waals surface area contributed by atoms with Crippen LogP contribution in [0.25, 0.3) is 97.9 Å². The van der Waals surface area contributed by atoms with Gasteiger partial charge in [0.1, 0.15) is 5.82 Å². The molecule has 238 valence electrons. The lowest BCUT2D eigenvalue weighted by Gasteiger charge is -2.12. The van der Waals surface area contributed by atoms with Crippen molar-refractivity contribution >= 4 is 75.1 Å². The van der Waals surface area contributed by atoms with Crippen LogP contribution in [0.1, 0.15) is 0 Å². The van der Waals surface area contributed by atoms with E-state index in [1.165, 1.54) is 64.0 Å². The van der Waals surface area contributed by atoms with Crippen molar-refractivity contribution in [2.45, 2.75) is 0 Å². The molecular weight excluding hydrogens is 641 g/mol. The SMILES string of the molecule is c1ccc(-c2cc(-n3c4ccccc4c4ccc5sc6c(ccc7c6c6ccccc6n7-c6ccccc6)c5c43)nc(-c3ccccc3)n2)cc1. The molecule has 0 spiro atoms. The Morgan fingerprint density at radius 3 is 1.82 bits per heavy atom. The van der Waals surface area contributed by atoms with Crippen molar-refractivity contribution in [1.29, 1.82) is 0 Å². The standard InChI is InChI=1S/C46H28N4S/c1-4-14-29(15-5-1)36-28-41(48-46(47-36)30-16-6-2-7-17-30)50-37-22-12-10-20-32(37)33-25-27-40-43(44(33)50)35-24-26-39-42(45(35)51-40)34-21-11-13-23-38(34)49(39)31-18-8-3-9-19-31/h1-28H. The molecule has 51 heavy (non-hydrogen) atoms. The third-order valence-electron chi connectivity index (χ3n) is 10.1. The number of nitrogens with zero attached hydrogens (tertiary/aromatic N) is 4. The van der Waals surface area contributed by atoms with Crippen LogP contribution in [0.5, 0.6) is 0 Å². The fourth-order valence-corrected chi connectivity index (χ4v) is 9.20. The van der Waals surface area contributed by atoms with Gasteiger partial charge in [-0.15, -0.1) is 11.3 Å². The molecule has 0 bridgehead atoms. The molecule has 0 aliphatic carbocycles. The predicted octanol–water partition coefficient (Wildman–Crippen LogP) is 12.4. The van der Waals surface area contributed by atoms with Gasteiger partial charge in [-0.3, -0.25) is 4.57 Å². The van der Waals surface area contributed by atoms with Crippen molar-refractivity contribution in [3.05, 3.63) is 170 Å². The molecule has 0 radical (unpaired) electrons. The molecule has 0 N–H and O–H groups in total. The summed E-state index contributed by atoms with van der Waals surface area (Å²) in [6.07, 6.45) is 0. The zero-order valence-corrected chi connectivity index (χ0v) is 28.2. The quantitative estimate of drug-likeness (QED) is 0.187. The predicted molar refractivity (Wildman–Crippen MR) is 214 cm³/mol. The van der Waals surface area contributed by atoms with Crippen LogP contribution in [0.15, 0.2) is 170 Å². The van der Waals surface area contributed by atoms with Gasteiger partial charge in [0.05, 0.1) is 27.8 Å². The number of thiophene rings is 1. The molecule has 5 heteroatoms. The lowest BCUT2D eigenvalue weighted by molar-refractivity contribution is 1.05. The van der Waals surface area contributed by atoms with Gasteiger partial charge in [0.15, 0.2) is 5.82 Å². The first-order chi connectivity index (χ1) is 25.3. The van der Waals surface area contributed by atoms with Gasteiger partial charge in [-0.2, -0.15) is 0 Å². The summed E-state index contributed by atoms with van der Waals surface area (Å²) in [7, 11) is 0. The van der Waals surface area contributed by atoms with Gasteiger partial charge in [0.2, 0.25) is 0 Å². The summed E-state index contributed by atoms with van der Waals surface area (Å²) in [6, 6.07) is 60.3. The summed E-state index contributed by atoms with van der Waals surface area (Å²) in [6.45, 7) is 0. The Morgan fingerprint density at radius 2 is 1.06 bits per heavy atom. The average molecular weight is 669 g/mol. The van der Waals surface area contributed by atoms with Gasteiger partial charge in [-0.05, 0) is 36.4 Å². The lowest BCUT2D eigenvalue weighted by Crippen LogP contribution is -2.02. The van der Waals surface area contributed by atoms with Crippen LogP contribution in [-0.2, 0) is 0 Å². The second-order valence-electron chi connectivity index (χ2n) is 13.0. The first-order valence-electron chi connectivity index (χ1n) is 17.2. The van der Waals surface area contributed by atoms with Crippen LogP contribution in [-0.4, -0.2) is 19.1 Å². The Morgan fingerprint density at radius 1 is 0.431 bits per heavy atom. The molecule has 4 aromatic heterocycles. The molecule has 0 aliphatic heterocycles. The van der Waals surface area contributed by atoms with E-state index in [1.54, 1.807) is 0 Å². The van der Waals surface area contributed by atoms with Crippen molar-refractivity contribution in [1.82, 2.24) is 19.1 Å². The van der Waals surface area contributed by atoms with Gasteiger partial charge >= 0.3 is 0 Å². The normalized spacial score (nSPS) is 11.9. The van der Waals surface area contributed by atoms with Crippen LogP contribution < -0.4 is 0 Å². The van der Waals surface area contributed by atoms with Crippen LogP contribution in [0, 0.1) is 0 Å². The van der Waals surface area contributed by atoms with Crippen molar-refractivity contribution < 1.29 is 0 Å². The number of hydrogen-bond donors (Lipinski definition) is 0. The molecule has 11 rings (SSSR count). The molecule has 11 aromatic rings. The highest BCUT2D eigenvalue weighted by atomic mass is 32.1. The average Bonchev–Trinajstić information content (AvgIpc) is 3.86. The van der Waals surface area contributed by atoms with E-state index in [1.807, 2.05) is 35.6 Å². The second kappa shape index (κ2) is 11.0. The fourth-order valence-electron chi connectivity index (χ4n) is 7.94. The van der Waals surface area contributed by atoms with Gasteiger partial charge in [-0.25, -0.2) is 9.97 Å². The molecule has 4 nitrogen and oxygen atoms in total. The van der Waals surface area contributed by atoms with Crippen molar-refractivity contribution in [2.75, 3.05) is 0 Å². The smallest absolute Gasteiger partial charge is 0.162 e. The van der Waals surface area contributed by atoms with Gasteiger partial charge in [-0.1, -0.05) is 127 Å². The van der Waals surface area contributed by atoms with E-state index in [-0.39, 0.29) is 0 Å². The maximum absolute atomic E-state index is 5.32. The van der Waals surface area contributed by atoms with E-state index in [0.29, 0.717) is 5.82 Å². The third kappa shape index (κ3) is 4.19. The molecule has 0 saturated carbocycles. The summed E-state index contributed by atoms with van der Waals surface area (Å²) in [5.74, 6) is 1.55. The minimum Gasteiger partial charge on any atom is -0.309 e. The molecule has 0 saturated heterocycles. The van der Waals surface area contributed by atoms with E-state index in [4.69, 9.17) is 9.97 Å². The minimum atomic E-state index is 0.704. The van der Waals surface area contributed by atoms with Gasteiger partial charge in [0, 0.05) is 64.6 Å². The lowest BCUT2D eigenvalue weighted by atomic mass is 10.1. The summed E-state index contributed by atoms with van der Waals surface area (Å²) in [5, 5.41) is 7.49. The van der Waals surface area contributed by atoms with E-state index in [9.17, 15) is 0 Å². The zero-order chi connectivity index (χ0) is 33.5.